The Hall–Kier alpha value is -0.650. The molecule has 0 bridgehead atoms. The van der Waals surface area contributed by atoms with Gasteiger partial charge in [0.1, 0.15) is 5.54 Å². The molecule has 1 fully saturated rings. The van der Waals surface area contributed by atoms with Gasteiger partial charge in [0.2, 0.25) is 0 Å². The second kappa shape index (κ2) is 5.61. The molecule has 0 amide bonds. The highest BCUT2D eigenvalue weighted by atomic mass is 16.5. The topological polar surface area (TPSA) is 64.8 Å². The number of likely N-dealkylation sites (N-methyl/N-ethyl adjacent to an activating group) is 1. The highest BCUT2D eigenvalue weighted by Crippen LogP contribution is 2.14. The van der Waals surface area contributed by atoms with Gasteiger partial charge in [0, 0.05) is 19.2 Å². The normalized spacial score (nSPS) is 24.4. The van der Waals surface area contributed by atoms with E-state index < -0.39 is 5.54 Å². The number of rotatable bonds is 5. The molecule has 2 atom stereocenters. The van der Waals surface area contributed by atoms with Gasteiger partial charge in [0.25, 0.3) is 0 Å². The summed E-state index contributed by atoms with van der Waals surface area (Å²) >= 11 is 0. The summed E-state index contributed by atoms with van der Waals surface area (Å²) in [4.78, 5) is 13.7. The third kappa shape index (κ3) is 3.43. The van der Waals surface area contributed by atoms with Crippen molar-refractivity contribution in [3.8, 4) is 0 Å². The molecule has 94 valence electrons. The lowest BCUT2D eigenvalue weighted by Crippen LogP contribution is -2.55. The average molecular weight is 230 g/mol. The van der Waals surface area contributed by atoms with E-state index in [1.165, 1.54) is 0 Å². The van der Waals surface area contributed by atoms with Crippen LogP contribution in [0.25, 0.3) is 0 Å². The summed E-state index contributed by atoms with van der Waals surface area (Å²) in [5.41, 5.74) is 5.01. The number of hydrogen-bond acceptors (Lipinski definition) is 5. The van der Waals surface area contributed by atoms with Crippen molar-refractivity contribution in [1.82, 2.24) is 4.90 Å². The number of ether oxygens (including phenoxy) is 2. The van der Waals surface area contributed by atoms with E-state index in [1.807, 2.05) is 7.05 Å². The maximum Gasteiger partial charge on any atom is 0.327 e. The Morgan fingerprint density at radius 1 is 1.69 bits per heavy atom. The molecule has 1 saturated heterocycles. The third-order valence-corrected chi connectivity index (χ3v) is 2.85. The molecular formula is C11H22N2O3. The molecule has 0 saturated carbocycles. The monoisotopic (exact) mass is 230 g/mol. The van der Waals surface area contributed by atoms with Crippen LogP contribution in [0.2, 0.25) is 0 Å². The van der Waals surface area contributed by atoms with E-state index >= 15 is 0 Å². The molecule has 2 N–H and O–H groups in total. The number of carbonyl (C=O) groups is 1. The number of nitrogens with zero attached hydrogens (tertiary/aromatic N) is 1. The maximum absolute atomic E-state index is 11.6. The number of carbonyl (C=O) groups excluding carboxylic acids is 1. The Bertz CT molecular complexity index is 237. The van der Waals surface area contributed by atoms with Crippen LogP contribution in [0.5, 0.6) is 0 Å². The fourth-order valence-corrected chi connectivity index (χ4v) is 1.88. The molecule has 0 aliphatic carbocycles. The average Bonchev–Trinajstić information content (AvgIpc) is 2.70. The zero-order chi connectivity index (χ0) is 12.2. The van der Waals surface area contributed by atoms with Crippen molar-refractivity contribution in [3.63, 3.8) is 0 Å². The van der Waals surface area contributed by atoms with Crippen molar-refractivity contribution in [3.05, 3.63) is 0 Å². The standard InChI is InChI=1S/C11H22N2O3/c1-4-16-10(14)11(2,12)8-13(3)9-5-6-15-7-9/h9H,4-8,12H2,1-3H3. The Kier molecular flexibility index (Phi) is 4.70. The Morgan fingerprint density at radius 3 is 2.88 bits per heavy atom. The van der Waals surface area contributed by atoms with Crippen molar-refractivity contribution in [2.75, 3.05) is 33.4 Å². The van der Waals surface area contributed by atoms with Crippen LogP contribution in [0, 0.1) is 0 Å². The van der Waals surface area contributed by atoms with Crippen LogP contribution in [0.4, 0.5) is 0 Å². The number of esters is 1. The highest BCUT2D eigenvalue weighted by molar-refractivity contribution is 5.80. The van der Waals surface area contributed by atoms with Gasteiger partial charge in [-0.05, 0) is 27.3 Å². The Labute approximate surface area is 96.9 Å². The summed E-state index contributed by atoms with van der Waals surface area (Å²) in [6.45, 7) is 5.84. The Morgan fingerprint density at radius 2 is 2.38 bits per heavy atom. The predicted octanol–water partition coefficient (Wildman–Crippen LogP) is -0.0124. The molecule has 2 unspecified atom stereocenters. The van der Waals surface area contributed by atoms with Crippen molar-refractivity contribution in [1.29, 1.82) is 0 Å². The van der Waals surface area contributed by atoms with Gasteiger partial charge in [-0.1, -0.05) is 0 Å². The SMILES string of the molecule is CCOC(=O)C(C)(N)CN(C)C1CCOC1. The minimum Gasteiger partial charge on any atom is -0.465 e. The van der Waals surface area contributed by atoms with Gasteiger partial charge in [-0.25, -0.2) is 0 Å². The van der Waals surface area contributed by atoms with Crippen LogP contribution in [-0.2, 0) is 14.3 Å². The summed E-state index contributed by atoms with van der Waals surface area (Å²) < 4.78 is 10.3. The maximum atomic E-state index is 11.6. The van der Waals surface area contributed by atoms with Gasteiger partial charge >= 0.3 is 5.97 Å². The zero-order valence-corrected chi connectivity index (χ0v) is 10.4. The second-order valence-electron chi connectivity index (χ2n) is 4.57. The third-order valence-electron chi connectivity index (χ3n) is 2.85. The molecule has 0 aromatic rings. The predicted molar refractivity (Wildman–Crippen MR) is 61.1 cm³/mol. The smallest absolute Gasteiger partial charge is 0.327 e. The van der Waals surface area contributed by atoms with Gasteiger partial charge < -0.3 is 15.2 Å². The Balaban J connectivity index is 2.46. The lowest BCUT2D eigenvalue weighted by Gasteiger charge is -2.31. The van der Waals surface area contributed by atoms with Gasteiger partial charge in [0.05, 0.1) is 13.2 Å². The summed E-state index contributed by atoms with van der Waals surface area (Å²) in [5.74, 6) is -0.347. The molecule has 0 aromatic carbocycles. The summed E-state index contributed by atoms with van der Waals surface area (Å²) in [5, 5.41) is 0. The second-order valence-corrected chi connectivity index (χ2v) is 4.57. The number of hydrogen-bond donors (Lipinski definition) is 1. The van der Waals surface area contributed by atoms with Crippen LogP contribution >= 0.6 is 0 Å². The minimum atomic E-state index is -0.951. The highest BCUT2D eigenvalue weighted by Gasteiger charge is 2.34. The lowest BCUT2D eigenvalue weighted by molar-refractivity contribution is -0.149. The molecule has 0 spiro atoms. The quantitative estimate of drug-likeness (QED) is 0.673. The van der Waals surface area contributed by atoms with Gasteiger partial charge in [0.15, 0.2) is 0 Å². The van der Waals surface area contributed by atoms with E-state index in [0.717, 1.165) is 19.6 Å². The first kappa shape index (κ1) is 13.4. The first-order chi connectivity index (χ1) is 7.47. The van der Waals surface area contributed by atoms with Crippen molar-refractivity contribution >= 4 is 5.97 Å². The van der Waals surface area contributed by atoms with Crippen molar-refractivity contribution < 1.29 is 14.3 Å². The fraction of sp³-hybridized carbons (Fsp3) is 0.909. The lowest BCUT2D eigenvalue weighted by atomic mass is 10.0. The summed E-state index contributed by atoms with van der Waals surface area (Å²) in [6, 6.07) is 0.359. The number of nitrogens with two attached hydrogens (primary N) is 1. The molecule has 1 heterocycles. The van der Waals surface area contributed by atoms with E-state index in [2.05, 4.69) is 4.90 Å². The van der Waals surface area contributed by atoms with Crippen LogP contribution in [0.15, 0.2) is 0 Å². The van der Waals surface area contributed by atoms with E-state index in [-0.39, 0.29) is 5.97 Å². The van der Waals surface area contributed by atoms with E-state index in [4.69, 9.17) is 15.2 Å². The summed E-state index contributed by atoms with van der Waals surface area (Å²) in [6.07, 6.45) is 0.995. The molecule has 16 heavy (non-hydrogen) atoms. The van der Waals surface area contributed by atoms with Crippen LogP contribution in [0.3, 0.4) is 0 Å². The molecule has 1 rings (SSSR count). The molecule has 0 aromatic heterocycles. The first-order valence-electron chi connectivity index (χ1n) is 5.71. The van der Waals surface area contributed by atoms with Crippen molar-refractivity contribution in [2.45, 2.75) is 31.8 Å². The fourth-order valence-electron chi connectivity index (χ4n) is 1.88. The molecular weight excluding hydrogens is 208 g/mol. The molecule has 1 aliphatic rings. The molecule has 1 aliphatic heterocycles. The minimum absolute atomic E-state index is 0.347. The molecule has 5 heteroatoms. The molecule has 0 radical (unpaired) electrons. The van der Waals surface area contributed by atoms with Gasteiger partial charge in [-0.15, -0.1) is 0 Å². The van der Waals surface area contributed by atoms with Crippen molar-refractivity contribution in [2.24, 2.45) is 5.73 Å². The zero-order valence-electron chi connectivity index (χ0n) is 10.4. The van der Waals surface area contributed by atoms with Crippen LogP contribution in [0.1, 0.15) is 20.3 Å². The molecule has 5 nitrogen and oxygen atoms in total. The van der Waals surface area contributed by atoms with E-state index in [1.54, 1.807) is 13.8 Å². The van der Waals surface area contributed by atoms with E-state index in [9.17, 15) is 4.79 Å². The largest absolute Gasteiger partial charge is 0.465 e. The van der Waals surface area contributed by atoms with Gasteiger partial charge in [-0.3, -0.25) is 9.69 Å². The van der Waals surface area contributed by atoms with Crippen LogP contribution < -0.4 is 5.73 Å². The van der Waals surface area contributed by atoms with Crippen LogP contribution in [-0.4, -0.2) is 55.9 Å². The van der Waals surface area contributed by atoms with Gasteiger partial charge in [-0.2, -0.15) is 0 Å². The first-order valence-corrected chi connectivity index (χ1v) is 5.71. The van der Waals surface area contributed by atoms with E-state index in [0.29, 0.717) is 19.2 Å². The summed E-state index contributed by atoms with van der Waals surface area (Å²) in [7, 11) is 1.96.